The first-order valence-corrected chi connectivity index (χ1v) is 6.88. The molecule has 0 radical (unpaired) electrons. The number of nitrogens with one attached hydrogen (secondary N) is 1. The van der Waals surface area contributed by atoms with Crippen molar-refractivity contribution in [2.45, 2.75) is 20.5 Å². The predicted molar refractivity (Wildman–Crippen MR) is 79.0 cm³/mol. The molecule has 1 aromatic heterocycles. The minimum absolute atomic E-state index is 0.273. The Hall–Kier alpha value is -1.20. The molecule has 19 heavy (non-hydrogen) atoms. The minimum Gasteiger partial charge on any atom is -0.385 e. The van der Waals surface area contributed by atoms with Crippen molar-refractivity contribution in [1.29, 1.82) is 0 Å². The summed E-state index contributed by atoms with van der Waals surface area (Å²) in [5.41, 5.74) is 3.30. The van der Waals surface area contributed by atoms with Gasteiger partial charge in [-0.2, -0.15) is 0 Å². The molecule has 3 nitrogen and oxygen atoms in total. The summed E-state index contributed by atoms with van der Waals surface area (Å²) in [6.45, 7) is 5.05. The standard InChI is InChI=1S/C14H16BrFN2O/c1-4-17-11-6-9(7-19-3)18-14-8(2)5-10(16)13(15)12(11)14/h5-6H,4,7H2,1-3H3,(H,17,18). The van der Waals surface area contributed by atoms with Crippen molar-refractivity contribution >= 4 is 32.5 Å². The summed E-state index contributed by atoms with van der Waals surface area (Å²) in [5, 5.41) is 4.03. The Balaban J connectivity index is 2.78. The molecule has 0 bridgehead atoms. The Labute approximate surface area is 120 Å². The first-order chi connectivity index (χ1) is 9.08. The molecule has 0 saturated heterocycles. The monoisotopic (exact) mass is 326 g/mol. The van der Waals surface area contributed by atoms with Crippen molar-refractivity contribution in [3.05, 3.63) is 33.7 Å². The zero-order valence-electron chi connectivity index (χ0n) is 11.2. The fourth-order valence-corrected chi connectivity index (χ4v) is 2.61. The molecule has 0 aliphatic carbocycles. The van der Waals surface area contributed by atoms with Crippen LogP contribution < -0.4 is 5.32 Å². The molecule has 0 atom stereocenters. The summed E-state index contributed by atoms with van der Waals surface area (Å²) in [5.74, 6) is -0.273. The van der Waals surface area contributed by atoms with Gasteiger partial charge in [-0.1, -0.05) is 0 Å². The van der Waals surface area contributed by atoms with Crippen LogP contribution in [0.1, 0.15) is 18.2 Å². The summed E-state index contributed by atoms with van der Waals surface area (Å²) >= 11 is 3.31. The second-order valence-corrected chi connectivity index (χ2v) is 5.13. The van der Waals surface area contributed by atoms with Crippen molar-refractivity contribution in [2.75, 3.05) is 19.0 Å². The van der Waals surface area contributed by atoms with Crippen molar-refractivity contribution in [3.63, 3.8) is 0 Å². The highest BCUT2D eigenvalue weighted by Gasteiger charge is 2.14. The maximum atomic E-state index is 13.9. The number of aromatic nitrogens is 1. The molecule has 1 heterocycles. The van der Waals surface area contributed by atoms with E-state index < -0.39 is 0 Å². The Kier molecular flexibility index (Phi) is 4.37. The zero-order chi connectivity index (χ0) is 14.0. The molecule has 102 valence electrons. The lowest BCUT2D eigenvalue weighted by Crippen LogP contribution is -2.03. The van der Waals surface area contributed by atoms with E-state index in [1.54, 1.807) is 7.11 Å². The van der Waals surface area contributed by atoms with Crippen LogP contribution in [-0.4, -0.2) is 18.6 Å². The fourth-order valence-electron chi connectivity index (χ4n) is 2.10. The second-order valence-electron chi connectivity index (χ2n) is 4.34. The van der Waals surface area contributed by atoms with Crippen LogP contribution in [0.15, 0.2) is 16.6 Å². The van der Waals surface area contributed by atoms with Gasteiger partial charge in [-0.05, 0) is 47.5 Å². The van der Waals surface area contributed by atoms with Gasteiger partial charge in [0.15, 0.2) is 0 Å². The van der Waals surface area contributed by atoms with Crippen molar-refractivity contribution in [3.8, 4) is 0 Å². The van der Waals surface area contributed by atoms with Crippen LogP contribution in [0.4, 0.5) is 10.1 Å². The molecular formula is C14H16BrFN2O. The molecule has 0 unspecified atom stereocenters. The van der Waals surface area contributed by atoms with Gasteiger partial charge in [0.2, 0.25) is 0 Å². The van der Waals surface area contributed by atoms with E-state index in [-0.39, 0.29) is 5.82 Å². The lowest BCUT2D eigenvalue weighted by Gasteiger charge is -2.14. The van der Waals surface area contributed by atoms with E-state index in [1.807, 2.05) is 19.9 Å². The summed E-state index contributed by atoms with van der Waals surface area (Å²) in [4.78, 5) is 4.55. The largest absolute Gasteiger partial charge is 0.385 e. The van der Waals surface area contributed by atoms with Crippen molar-refractivity contribution < 1.29 is 9.13 Å². The van der Waals surface area contributed by atoms with Gasteiger partial charge in [-0.3, -0.25) is 0 Å². The van der Waals surface area contributed by atoms with Crippen LogP contribution >= 0.6 is 15.9 Å². The molecule has 1 aromatic carbocycles. The van der Waals surface area contributed by atoms with E-state index >= 15 is 0 Å². The van der Waals surface area contributed by atoms with Crippen LogP contribution in [0.25, 0.3) is 10.9 Å². The lowest BCUT2D eigenvalue weighted by molar-refractivity contribution is 0.182. The Morgan fingerprint density at radius 2 is 2.16 bits per heavy atom. The summed E-state index contributed by atoms with van der Waals surface area (Å²) < 4.78 is 19.4. The van der Waals surface area contributed by atoms with E-state index in [0.717, 1.165) is 34.4 Å². The third kappa shape index (κ3) is 2.72. The number of pyridine rings is 1. The second kappa shape index (κ2) is 5.84. The maximum absolute atomic E-state index is 13.9. The average Bonchev–Trinajstić information content (AvgIpc) is 2.36. The van der Waals surface area contributed by atoms with Gasteiger partial charge >= 0.3 is 0 Å². The predicted octanol–water partition coefficient (Wildman–Crippen LogP) is 4.02. The number of halogens is 2. The van der Waals surface area contributed by atoms with Gasteiger partial charge in [0.1, 0.15) is 5.82 Å². The number of rotatable bonds is 4. The molecule has 0 aliphatic rings. The van der Waals surface area contributed by atoms with Gasteiger partial charge in [0.05, 0.1) is 22.3 Å². The molecule has 0 aliphatic heterocycles. The molecule has 5 heteroatoms. The summed E-state index contributed by atoms with van der Waals surface area (Å²) in [7, 11) is 1.63. The number of methoxy groups -OCH3 is 1. The van der Waals surface area contributed by atoms with Crippen LogP contribution in [0, 0.1) is 12.7 Å². The van der Waals surface area contributed by atoms with Gasteiger partial charge in [-0.15, -0.1) is 0 Å². The number of aryl methyl sites for hydroxylation is 1. The zero-order valence-corrected chi connectivity index (χ0v) is 12.8. The highest BCUT2D eigenvalue weighted by Crippen LogP contribution is 2.34. The highest BCUT2D eigenvalue weighted by molar-refractivity contribution is 9.10. The van der Waals surface area contributed by atoms with Crippen molar-refractivity contribution in [1.82, 2.24) is 4.98 Å². The molecule has 2 rings (SSSR count). The smallest absolute Gasteiger partial charge is 0.138 e. The molecule has 2 aromatic rings. The van der Waals surface area contributed by atoms with Gasteiger partial charge in [0, 0.05) is 24.7 Å². The Morgan fingerprint density at radius 3 is 2.79 bits per heavy atom. The molecular weight excluding hydrogens is 311 g/mol. The van der Waals surface area contributed by atoms with E-state index in [9.17, 15) is 4.39 Å². The topological polar surface area (TPSA) is 34.1 Å². The van der Waals surface area contributed by atoms with E-state index in [0.29, 0.717) is 11.1 Å². The Morgan fingerprint density at radius 1 is 1.42 bits per heavy atom. The third-order valence-electron chi connectivity index (χ3n) is 2.88. The highest BCUT2D eigenvalue weighted by atomic mass is 79.9. The third-order valence-corrected chi connectivity index (χ3v) is 3.65. The number of anilines is 1. The summed E-state index contributed by atoms with van der Waals surface area (Å²) in [6, 6.07) is 3.39. The van der Waals surface area contributed by atoms with Gasteiger partial charge in [-0.25, -0.2) is 9.37 Å². The number of nitrogens with zero attached hydrogens (tertiary/aromatic N) is 1. The van der Waals surface area contributed by atoms with E-state index in [1.165, 1.54) is 6.07 Å². The average molecular weight is 327 g/mol. The lowest BCUT2D eigenvalue weighted by atomic mass is 10.1. The fraction of sp³-hybridized carbons (Fsp3) is 0.357. The first-order valence-electron chi connectivity index (χ1n) is 6.09. The molecule has 0 spiro atoms. The molecule has 0 fully saturated rings. The number of hydrogen-bond acceptors (Lipinski definition) is 3. The molecule has 1 N–H and O–H groups in total. The molecule has 0 amide bonds. The summed E-state index contributed by atoms with van der Waals surface area (Å²) in [6.07, 6.45) is 0. The van der Waals surface area contributed by atoms with E-state index in [4.69, 9.17) is 4.74 Å². The van der Waals surface area contributed by atoms with Crippen LogP contribution in [0.2, 0.25) is 0 Å². The number of fused-ring (bicyclic) bond motifs is 1. The normalized spacial score (nSPS) is 11.0. The van der Waals surface area contributed by atoms with Gasteiger partial charge < -0.3 is 10.1 Å². The SMILES string of the molecule is CCNc1cc(COC)nc2c(C)cc(F)c(Br)c12. The minimum atomic E-state index is -0.273. The van der Waals surface area contributed by atoms with Crippen molar-refractivity contribution in [2.24, 2.45) is 0 Å². The first kappa shape index (κ1) is 14.2. The molecule has 0 saturated carbocycles. The Bertz CT molecular complexity index is 616. The maximum Gasteiger partial charge on any atom is 0.138 e. The quantitative estimate of drug-likeness (QED) is 0.921. The number of ether oxygens (including phenoxy) is 1. The van der Waals surface area contributed by atoms with Crippen LogP contribution in [0.3, 0.4) is 0 Å². The number of benzene rings is 1. The van der Waals surface area contributed by atoms with Crippen LogP contribution in [0.5, 0.6) is 0 Å². The van der Waals surface area contributed by atoms with E-state index in [2.05, 4.69) is 26.2 Å². The number of hydrogen-bond donors (Lipinski definition) is 1. The van der Waals surface area contributed by atoms with Crippen LogP contribution in [-0.2, 0) is 11.3 Å². The van der Waals surface area contributed by atoms with Gasteiger partial charge in [0.25, 0.3) is 0 Å².